The first-order valence-electron chi connectivity index (χ1n) is 8.79. The number of halogens is 2. The fraction of sp³-hybridized carbons (Fsp3) is 0.150. The van der Waals surface area contributed by atoms with Crippen LogP contribution in [0.3, 0.4) is 0 Å². The summed E-state index contributed by atoms with van der Waals surface area (Å²) in [6.45, 7) is 1.82. The number of aryl methyl sites for hydroxylation is 1. The molecule has 0 spiro atoms. The van der Waals surface area contributed by atoms with Crippen LogP contribution in [0.4, 0.5) is 14.6 Å². The highest BCUT2D eigenvalue weighted by atomic mass is 32.2. The highest BCUT2D eigenvalue weighted by Crippen LogP contribution is 2.28. The topological polar surface area (TPSA) is 59.8 Å². The number of benzene rings is 2. The van der Waals surface area contributed by atoms with Crippen molar-refractivity contribution in [3.8, 4) is 5.13 Å². The largest absolute Gasteiger partial charge is 0.310 e. The molecule has 0 aliphatic rings. The number of carbonyl (C=O) groups is 1. The van der Waals surface area contributed by atoms with Crippen molar-refractivity contribution in [3.63, 3.8) is 0 Å². The van der Waals surface area contributed by atoms with Gasteiger partial charge in [-0.3, -0.25) is 4.79 Å². The summed E-state index contributed by atoms with van der Waals surface area (Å²) < 4.78 is 28.7. The smallest absolute Gasteiger partial charge is 0.226 e. The van der Waals surface area contributed by atoms with Crippen molar-refractivity contribution in [1.82, 2.24) is 14.8 Å². The van der Waals surface area contributed by atoms with Crippen molar-refractivity contribution in [2.45, 2.75) is 18.2 Å². The third-order valence-electron chi connectivity index (χ3n) is 4.03. The highest BCUT2D eigenvalue weighted by Gasteiger charge is 2.15. The molecule has 9 heteroatoms. The lowest BCUT2D eigenvalue weighted by Gasteiger charge is -2.06. The lowest BCUT2D eigenvalue weighted by atomic mass is 10.3. The van der Waals surface area contributed by atoms with E-state index >= 15 is 0 Å². The molecule has 0 bridgehead atoms. The number of thiazole rings is 1. The minimum Gasteiger partial charge on any atom is -0.310 e. The van der Waals surface area contributed by atoms with Gasteiger partial charge in [0.1, 0.15) is 17.5 Å². The maximum atomic E-state index is 13.4. The van der Waals surface area contributed by atoms with Crippen molar-refractivity contribution < 1.29 is 13.6 Å². The lowest BCUT2D eigenvalue weighted by molar-refractivity contribution is -0.115. The molecule has 2 heterocycles. The van der Waals surface area contributed by atoms with Crippen LogP contribution in [-0.4, -0.2) is 26.4 Å². The zero-order valence-electron chi connectivity index (χ0n) is 15.4. The van der Waals surface area contributed by atoms with Gasteiger partial charge in [0, 0.05) is 23.1 Å². The van der Waals surface area contributed by atoms with E-state index in [1.807, 2.05) is 6.92 Å². The molecule has 1 amide bonds. The van der Waals surface area contributed by atoms with Crippen LogP contribution < -0.4 is 5.32 Å². The molecule has 2 aromatic heterocycles. The molecular formula is C20H16F2N4OS2. The third-order valence-corrected chi connectivity index (χ3v) is 6.04. The Morgan fingerprint density at radius 2 is 1.90 bits per heavy atom. The van der Waals surface area contributed by atoms with E-state index in [-0.39, 0.29) is 24.0 Å². The molecule has 0 atom stereocenters. The molecule has 0 radical (unpaired) electrons. The fourth-order valence-corrected chi connectivity index (χ4v) is 4.52. The van der Waals surface area contributed by atoms with Gasteiger partial charge in [0.25, 0.3) is 0 Å². The maximum absolute atomic E-state index is 13.4. The van der Waals surface area contributed by atoms with E-state index < -0.39 is 0 Å². The number of hydrogen-bond donors (Lipinski definition) is 1. The molecule has 0 unspecified atom stereocenters. The third kappa shape index (κ3) is 4.63. The Hall–Kier alpha value is -2.78. The van der Waals surface area contributed by atoms with E-state index in [0.29, 0.717) is 26.9 Å². The van der Waals surface area contributed by atoms with Gasteiger partial charge >= 0.3 is 0 Å². The van der Waals surface area contributed by atoms with E-state index in [1.54, 1.807) is 28.9 Å². The van der Waals surface area contributed by atoms with E-state index in [9.17, 15) is 13.6 Å². The van der Waals surface area contributed by atoms with Crippen LogP contribution in [-0.2, 0) is 4.79 Å². The predicted octanol–water partition coefficient (Wildman–Crippen LogP) is 5.19. The van der Waals surface area contributed by atoms with Crippen molar-refractivity contribution in [1.29, 1.82) is 0 Å². The zero-order chi connectivity index (χ0) is 20.4. The van der Waals surface area contributed by atoms with Crippen LogP contribution in [0.2, 0.25) is 0 Å². The van der Waals surface area contributed by atoms with Gasteiger partial charge in [0.05, 0.1) is 15.9 Å². The summed E-state index contributed by atoms with van der Waals surface area (Å²) in [5.74, 6) is 0.307. The van der Waals surface area contributed by atoms with E-state index in [4.69, 9.17) is 0 Å². The Morgan fingerprint density at radius 1 is 1.14 bits per heavy atom. The Balaban J connectivity index is 1.44. The first kappa shape index (κ1) is 19.5. The standard InChI is InChI=1S/C20H16F2N4OS2/c1-12-10-18(24-19(27)8-9-28-15-5-2-13(21)3-6-15)26(25-12)20-23-16-7-4-14(22)11-17(16)29-20/h2-7,10-11H,8-9H2,1H3,(H,24,27). The second-order valence-corrected chi connectivity index (χ2v) is 8.47. The number of carbonyl (C=O) groups excluding carboxylic acids is 1. The molecule has 4 rings (SSSR count). The number of aromatic nitrogens is 3. The molecule has 0 saturated carbocycles. The fourth-order valence-electron chi connectivity index (χ4n) is 2.71. The Morgan fingerprint density at radius 3 is 2.69 bits per heavy atom. The molecule has 0 fully saturated rings. The van der Waals surface area contributed by atoms with Gasteiger partial charge in [0.2, 0.25) is 11.0 Å². The maximum Gasteiger partial charge on any atom is 0.226 e. The van der Waals surface area contributed by atoms with Crippen molar-refractivity contribution in [2.24, 2.45) is 0 Å². The van der Waals surface area contributed by atoms with Crippen LogP contribution in [0.15, 0.2) is 53.4 Å². The summed E-state index contributed by atoms with van der Waals surface area (Å²) in [5.41, 5.74) is 1.40. The number of fused-ring (bicyclic) bond motifs is 1. The molecule has 0 aliphatic carbocycles. The summed E-state index contributed by atoms with van der Waals surface area (Å²) >= 11 is 2.78. The number of thioether (sulfide) groups is 1. The second-order valence-electron chi connectivity index (χ2n) is 6.29. The lowest BCUT2D eigenvalue weighted by Crippen LogP contribution is -2.15. The summed E-state index contributed by atoms with van der Waals surface area (Å²) in [6.07, 6.45) is 0.289. The molecule has 29 heavy (non-hydrogen) atoms. The first-order valence-corrected chi connectivity index (χ1v) is 10.6. The molecular weight excluding hydrogens is 414 g/mol. The van der Waals surface area contributed by atoms with Gasteiger partial charge in [-0.25, -0.2) is 13.8 Å². The zero-order valence-corrected chi connectivity index (χ0v) is 17.0. The first-order chi connectivity index (χ1) is 14.0. The van der Waals surface area contributed by atoms with E-state index in [2.05, 4.69) is 15.4 Å². The molecule has 0 aliphatic heterocycles. The van der Waals surface area contributed by atoms with Crippen LogP contribution in [0, 0.1) is 18.6 Å². The highest BCUT2D eigenvalue weighted by molar-refractivity contribution is 7.99. The van der Waals surface area contributed by atoms with Crippen LogP contribution in [0.1, 0.15) is 12.1 Å². The van der Waals surface area contributed by atoms with Crippen LogP contribution in [0.25, 0.3) is 15.3 Å². The number of nitrogens with one attached hydrogen (secondary N) is 1. The number of anilines is 1. The molecule has 0 saturated heterocycles. The Bertz CT molecular complexity index is 1170. The SMILES string of the molecule is Cc1cc(NC(=O)CCSc2ccc(F)cc2)n(-c2nc3ccc(F)cc3s2)n1. The van der Waals surface area contributed by atoms with E-state index in [1.165, 1.54) is 47.4 Å². The Kier molecular flexibility index (Phi) is 5.59. The predicted molar refractivity (Wildman–Crippen MR) is 112 cm³/mol. The van der Waals surface area contributed by atoms with E-state index in [0.717, 1.165) is 10.6 Å². The quantitative estimate of drug-likeness (QED) is 0.428. The molecule has 148 valence electrons. The minimum absolute atomic E-state index is 0.159. The Labute approximate surface area is 173 Å². The summed E-state index contributed by atoms with van der Waals surface area (Å²) in [4.78, 5) is 17.8. The summed E-state index contributed by atoms with van der Waals surface area (Å²) in [5, 5.41) is 7.82. The number of hydrogen-bond acceptors (Lipinski definition) is 5. The van der Waals surface area contributed by atoms with Crippen LogP contribution >= 0.6 is 23.1 Å². The molecule has 5 nitrogen and oxygen atoms in total. The van der Waals surface area contributed by atoms with Crippen molar-refractivity contribution in [3.05, 3.63) is 65.9 Å². The van der Waals surface area contributed by atoms with Gasteiger partial charge in [0.15, 0.2) is 0 Å². The number of nitrogens with zero attached hydrogens (tertiary/aromatic N) is 3. The van der Waals surface area contributed by atoms with Gasteiger partial charge in [-0.2, -0.15) is 9.78 Å². The van der Waals surface area contributed by atoms with Crippen molar-refractivity contribution in [2.75, 3.05) is 11.1 Å². The molecule has 4 aromatic rings. The van der Waals surface area contributed by atoms with Gasteiger partial charge in [-0.1, -0.05) is 11.3 Å². The summed E-state index contributed by atoms with van der Waals surface area (Å²) in [6, 6.07) is 12.3. The van der Waals surface area contributed by atoms with Gasteiger partial charge in [-0.15, -0.1) is 11.8 Å². The number of amides is 1. The van der Waals surface area contributed by atoms with Gasteiger partial charge < -0.3 is 5.32 Å². The molecule has 2 aromatic carbocycles. The van der Waals surface area contributed by atoms with Crippen molar-refractivity contribution >= 4 is 45.0 Å². The second kappa shape index (κ2) is 8.30. The number of rotatable bonds is 6. The molecule has 1 N–H and O–H groups in total. The average molecular weight is 431 g/mol. The average Bonchev–Trinajstić information content (AvgIpc) is 3.25. The minimum atomic E-state index is -0.323. The van der Waals surface area contributed by atoms with Crippen LogP contribution in [0.5, 0.6) is 0 Å². The van der Waals surface area contributed by atoms with Gasteiger partial charge in [-0.05, 0) is 49.4 Å². The monoisotopic (exact) mass is 430 g/mol. The summed E-state index contributed by atoms with van der Waals surface area (Å²) in [7, 11) is 0. The normalized spacial score (nSPS) is 11.1.